The minimum atomic E-state index is -0.0406. The molecular weight excluding hydrogens is 252 g/mol. The van der Waals surface area contributed by atoms with Gasteiger partial charge in [0.15, 0.2) is 0 Å². The molecule has 1 saturated heterocycles. The molecule has 1 amide bonds. The highest BCUT2D eigenvalue weighted by atomic mass is 16.5. The van der Waals surface area contributed by atoms with Gasteiger partial charge in [-0.05, 0) is 32.1 Å². The molecule has 1 N–H and O–H groups in total. The first-order valence-corrected chi connectivity index (χ1v) is 8.02. The molecule has 20 heavy (non-hydrogen) atoms. The Bertz CT molecular complexity index is 343. The number of carbonyl (C=O) groups is 1. The first-order chi connectivity index (χ1) is 9.40. The molecule has 1 aliphatic heterocycles. The Labute approximate surface area is 123 Å². The quantitative estimate of drug-likeness (QED) is 0.861. The highest BCUT2D eigenvalue weighted by Crippen LogP contribution is 2.29. The maximum Gasteiger partial charge on any atom is 0.234 e. The summed E-state index contributed by atoms with van der Waals surface area (Å²) in [5.74, 6) is 1.48. The zero-order valence-electron chi connectivity index (χ0n) is 13.4. The number of rotatable bonds is 3. The van der Waals surface area contributed by atoms with Crippen molar-refractivity contribution in [2.75, 3.05) is 26.3 Å². The Morgan fingerprint density at radius 1 is 1.35 bits per heavy atom. The van der Waals surface area contributed by atoms with Gasteiger partial charge in [0, 0.05) is 18.1 Å². The van der Waals surface area contributed by atoms with Gasteiger partial charge in [-0.15, -0.1) is 0 Å². The lowest BCUT2D eigenvalue weighted by Gasteiger charge is -2.42. The van der Waals surface area contributed by atoms with E-state index in [2.05, 4.69) is 37.9 Å². The van der Waals surface area contributed by atoms with Gasteiger partial charge in [0.25, 0.3) is 0 Å². The summed E-state index contributed by atoms with van der Waals surface area (Å²) in [6, 6.07) is 0.357. The average Bonchev–Trinajstić information content (AvgIpc) is 2.37. The van der Waals surface area contributed by atoms with Crippen LogP contribution in [-0.4, -0.2) is 48.7 Å². The summed E-state index contributed by atoms with van der Waals surface area (Å²) >= 11 is 0. The molecule has 0 spiro atoms. The molecule has 0 bridgehead atoms. The van der Waals surface area contributed by atoms with Crippen LogP contribution in [0.1, 0.15) is 47.0 Å². The summed E-state index contributed by atoms with van der Waals surface area (Å²) in [5, 5.41) is 3.26. The molecule has 0 aromatic carbocycles. The molecule has 4 nitrogen and oxygen atoms in total. The molecule has 0 radical (unpaired) electrons. The van der Waals surface area contributed by atoms with Crippen LogP contribution in [0, 0.1) is 11.8 Å². The van der Waals surface area contributed by atoms with Crippen LogP contribution >= 0.6 is 0 Å². The second-order valence-corrected chi connectivity index (χ2v) is 7.23. The maximum atomic E-state index is 12.3. The van der Waals surface area contributed by atoms with Gasteiger partial charge in [0.05, 0.1) is 19.8 Å². The largest absolute Gasteiger partial charge is 0.378 e. The Hall–Kier alpha value is -0.610. The fourth-order valence-corrected chi connectivity index (χ4v) is 3.40. The zero-order chi connectivity index (χ0) is 14.8. The van der Waals surface area contributed by atoms with Crippen molar-refractivity contribution in [1.82, 2.24) is 10.2 Å². The molecule has 2 fully saturated rings. The van der Waals surface area contributed by atoms with E-state index in [0.29, 0.717) is 31.0 Å². The van der Waals surface area contributed by atoms with Crippen LogP contribution in [0.5, 0.6) is 0 Å². The number of hydrogen-bond donors (Lipinski definition) is 1. The van der Waals surface area contributed by atoms with Crippen molar-refractivity contribution in [2.45, 2.75) is 58.5 Å². The maximum absolute atomic E-state index is 12.3. The molecule has 2 rings (SSSR count). The summed E-state index contributed by atoms with van der Waals surface area (Å²) in [4.78, 5) is 14.6. The molecule has 3 atom stereocenters. The first-order valence-electron chi connectivity index (χ1n) is 8.02. The number of nitrogens with one attached hydrogen (secondary N) is 1. The minimum absolute atomic E-state index is 0.0406. The molecule has 1 heterocycles. The summed E-state index contributed by atoms with van der Waals surface area (Å²) in [5.41, 5.74) is -0.0406. The molecule has 2 aliphatic rings. The fraction of sp³-hybridized carbons (Fsp3) is 0.938. The topological polar surface area (TPSA) is 41.6 Å². The lowest BCUT2D eigenvalue weighted by molar-refractivity contribution is -0.128. The zero-order valence-corrected chi connectivity index (χ0v) is 13.4. The third-order valence-corrected chi connectivity index (χ3v) is 5.20. The van der Waals surface area contributed by atoms with Crippen LogP contribution in [0.4, 0.5) is 0 Å². The van der Waals surface area contributed by atoms with E-state index in [1.165, 1.54) is 12.8 Å². The van der Waals surface area contributed by atoms with Crippen molar-refractivity contribution < 1.29 is 9.53 Å². The highest BCUT2D eigenvalue weighted by Gasteiger charge is 2.33. The first kappa shape index (κ1) is 15.8. The van der Waals surface area contributed by atoms with E-state index in [-0.39, 0.29) is 11.4 Å². The van der Waals surface area contributed by atoms with Gasteiger partial charge in [0.2, 0.25) is 5.91 Å². The van der Waals surface area contributed by atoms with Gasteiger partial charge in [-0.25, -0.2) is 0 Å². The highest BCUT2D eigenvalue weighted by molar-refractivity contribution is 5.78. The van der Waals surface area contributed by atoms with E-state index >= 15 is 0 Å². The van der Waals surface area contributed by atoms with Crippen LogP contribution in [0.15, 0.2) is 0 Å². The van der Waals surface area contributed by atoms with Crippen LogP contribution in [0.2, 0.25) is 0 Å². The van der Waals surface area contributed by atoms with Crippen molar-refractivity contribution >= 4 is 5.91 Å². The molecule has 116 valence electrons. The van der Waals surface area contributed by atoms with Crippen molar-refractivity contribution in [3.63, 3.8) is 0 Å². The van der Waals surface area contributed by atoms with Gasteiger partial charge in [-0.1, -0.05) is 26.7 Å². The SMILES string of the molecule is C[C@H]1[C@H](C)CCC[C@H]1NC(=O)CN1CCOCC1(C)C. The molecule has 0 aromatic heterocycles. The van der Waals surface area contributed by atoms with Crippen LogP contribution in [-0.2, 0) is 9.53 Å². The molecule has 1 saturated carbocycles. The molecule has 0 aromatic rings. The number of hydrogen-bond acceptors (Lipinski definition) is 3. The third-order valence-electron chi connectivity index (χ3n) is 5.20. The van der Waals surface area contributed by atoms with Gasteiger partial charge < -0.3 is 10.1 Å². The van der Waals surface area contributed by atoms with E-state index in [0.717, 1.165) is 19.6 Å². The van der Waals surface area contributed by atoms with Crippen LogP contribution in [0.25, 0.3) is 0 Å². The molecule has 4 heteroatoms. The fourth-order valence-electron chi connectivity index (χ4n) is 3.40. The van der Waals surface area contributed by atoms with Crippen molar-refractivity contribution in [3.05, 3.63) is 0 Å². The van der Waals surface area contributed by atoms with E-state index in [4.69, 9.17) is 4.74 Å². The standard InChI is InChI=1S/C16H30N2O2/c1-12-6-5-7-14(13(12)2)17-15(19)10-18-8-9-20-11-16(18,3)4/h12-14H,5-11H2,1-4H3,(H,17,19)/t12-,13+,14-/m1/s1. The van der Waals surface area contributed by atoms with Gasteiger partial charge in [0.1, 0.15) is 0 Å². The normalized spacial score (nSPS) is 34.7. The number of morpholine rings is 1. The van der Waals surface area contributed by atoms with Gasteiger partial charge >= 0.3 is 0 Å². The summed E-state index contributed by atoms with van der Waals surface area (Å²) in [6.07, 6.45) is 3.66. The number of amides is 1. The minimum Gasteiger partial charge on any atom is -0.378 e. The number of ether oxygens (including phenoxy) is 1. The molecule has 0 unspecified atom stereocenters. The van der Waals surface area contributed by atoms with E-state index in [9.17, 15) is 4.79 Å². The number of carbonyl (C=O) groups excluding carboxylic acids is 1. The monoisotopic (exact) mass is 282 g/mol. The lowest BCUT2D eigenvalue weighted by Crippen LogP contribution is -2.57. The van der Waals surface area contributed by atoms with Gasteiger partial charge in [-0.2, -0.15) is 0 Å². The van der Waals surface area contributed by atoms with Crippen molar-refractivity contribution in [1.29, 1.82) is 0 Å². The van der Waals surface area contributed by atoms with E-state index < -0.39 is 0 Å². The smallest absolute Gasteiger partial charge is 0.234 e. The van der Waals surface area contributed by atoms with Crippen molar-refractivity contribution in [2.24, 2.45) is 11.8 Å². The Morgan fingerprint density at radius 3 is 2.80 bits per heavy atom. The Kier molecular flexibility index (Phi) is 5.08. The predicted octanol–water partition coefficient (Wildman–Crippen LogP) is 2.04. The van der Waals surface area contributed by atoms with Crippen molar-refractivity contribution in [3.8, 4) is 0 Å². The van der Waals surface area contributed by atoms with E-state index in [1.807, 2.05) is 0 Å². The third kappa shape index (κ3) is 3.73. The Balaban J connectivity index is 1.85. The summed E-state index contributed by atoms with van der Waals surface area (Å²) in [6.45, 7) is 11.6. The summed E-state index contributed by atoms with van der Waals surface area (Å²) in [7, 11) is 0. The number of nitrogens with zero attached hydrogens (tertiary/aromatic N) is 1. The molecule has 1 aliphatic carbocycles. The second-order valence-electron chi connectivity index (χ2n) is 7.23. The van der Waals surface area contributed by atoms with E-state index in [1.54, 1.807) is 0 Å². The average molecular weight is 282 g/mol. The predicted molar refractivity (Wildman–Crippen MR) is 80.6 cm³/mol. The summed E-state index contributed by atoms with van der Waals surface area (Å²) < 4.78 is 5.50. The molecular formula is C16H30N2O2. The lowest BCUT2D eigenvalue weighted by atomic mass is 9.78. The Morgan fingerprint density at radius 2 is 2.10 bits per heavy atom. The second kappa shape index (κ2) is 6.44. The van der Waals surface area contributed by atoms with Gasteiger partial charge in [-0.3, -0.25) is 9.69 Å². The van der Waals surface area contributed by atoms with Crippen LogP contribution in [0.3, 0.4) is 0 Å². The van der Waals surface area contributed by atoms with Crippen LogP contribution < -0.4 is 5.32 Å².